The molecule has 3 N–H and O–H groups in total. The van der Waals surface area contributed by atoms with Crippen LogP contribution < -0.4 is 10.9 Å². The van der Waals surface area contributed by atoms with Crippen molar-refractivity contribution in [3.8, 4) is 11.1 Å². The van der Waals surface area contributed by atoms with Crippen molar-refractivity contribution < 1.29 is 23.2 Å². The summed E-state index contributed by atoms with van der Waals surface area (Å²) in [7, 11) is 1.48. The van der Waals surface area contributed by atoms with E-state index < -0.39 is 34.3 Å². The van der Waals surface area contributed by atoms with E-state index >= 15 is 0 Å². The van der Waals surface area contributed by atoms with Crippen LogP contribution in [0, 0.1) is 11.6 Å². The van der Waals surface area contributed by atoms with E-state index in [-0.39, 0.29) is 28.5 Å². The van der Waals surface area contributed by atoms with E-state index in [1.165, 1.54) is 23.9 Å². The van der Waals surface area contributed by atoms with Crippen molar-refractivity contribution in [1.29, 1.82) is 0 Å². The number of hydrogen-bond acceptors (Lipinski definition) is 5. The summed E-state index contributed by atoms with van der Waals surface area (Å²) in [6.07, 6.45) is 3.88. The molecule has 0 saturated carbocycles. The lowest BCUT2D eigenvalue weighted by molar-refractivity contribution is 0.0696. The average Bonchev–Trinajstić information content (AvgIpc) is 3.22. The van der Waals surface area contributed by atoms with Crippen molar-refractivity contribution in [2.24, 2.45) is 7.05 Å². The number of nitrogens with zero attached hydrogens (tertiary/aromatic N) is 2. The van der Waals surface area contributed by atoms with Crippen LogP contribution in [0.1, 0.15) is 15.9 Å². The molecule has 0 aliphatic rings. The lowest BCUT2D eigenvalue weighted by atomic mass is 9.97. The summed E-state index contributed by atoms with van der Waals surface area (Å²) in [5, 5.41) is 12.8. The van der Waals surface area contributed by atoms with Crippen LogP contribution in [-0.4, -0.2) is 36.4 Å². The molecule has 0 radical (unpaired) electrons. The molecule has 3 aromatic heterocycles. The van der Waals surface area contributed by atoms with Gasteiger partial charge in [-0.3, -0.25) is 9.36 Å². The average molecular weight is 472 g/mol. The topological polar surface area (TPSA) is 123 Å². The first-order valence-corrected chi connectivity index (χ1v) is 11.3. The predicted molar refractivity (Wildman–Crippen MR) is 121 cm³/mol. The summed E-state index contributed by atoms with van der Waals surface area (Å²) in [5.74, 6) is -3.09. The van der Waals surface area contributed by atoms with E-state index in [2.05, 4.69) is 15.3 Å². The summed E-state index contributed by atoms with van der Waals surface area (Å²) in [4.78, 5) is 31.2. The number of anilines is 2. The van der Waals surface area contributed by atoms with E-state index in [4.69, 9.17) is 0 Å². The quantitative estimate of drug-likeness (QED) is 0.369. The molecule has 8 nitrogen and oxygen atoms in total. The third kappa shape index (κ3) is 4.20. The number of halogens is 2. The maximum absolute atomic E-state index is 14.3. The van der Waals surface area contributed by atoms with E-state index in [0.717, 1.165) is 6.20 Å². The molecule has 33 heavy (non-hydrogen) atoms. The van der Waals surface area contributed by atoms with Crippen LogP contribution >= 0.6 is 0 Å². The summed E-state index contributed by atoms with van der Waals surface area (Å²) >= 11 is -1.31. The number of rotatable bonds is 6. The summed E-state index contributed by atoms with van der Waals surface area (Å²) in [6, 6.07) is 6.85. The van der Waals surface area contributed by atoms with Crippen molar-refractivity contribution >= 4 is 39.7 Å². The summed E-state index contributed by atoms with van der Waals surface area (Å²) < 4.78 is 40.8. The Labute approximate surface area is 189 Å². The molecule has 0 bridgehead atoms. The lowest BCUT2D eigenvalue weighted by Crippen LogP contribution is -2.21. The van der Waals surface area contributed by atoms with E-state index in [1.807, 2.05) is 0 Å². The number of aromatic amines is 1. The minimum absolute atomic E-state index is 0.00448. The number of aromatic nitrogens is 3. The van der Waals surface area contributed by atoms with Crippen molar-refractivity contribution in [3.63, 3.8) is 0 Å². The van der Waals surface area contributed by atoms with Crippen LogP contribution in [0.2, 0.25) is 0 Å². The van der Waals surface area contributed by atoms with Gasteiger partial charge in [0.1, 0.15) is 22.9 Å². The molecule has 3 heterocycles. The Morgan fingerprint density at radius 2 is 2.06 bits per heavy atom. The van der Waals surface area contributed by atoms with Gasteiger partial charge < -0.3 is 20.0 Å². The maximum atomic E-state index is 14.3. The van der Waals surface area contributed by atoms with Crippen LogP contribution in [0.5, 0.6) is 0 Å². The Hall–Kier alpha value is -3.70. The van der Waals surface area contributed by atoms with Crippen molar-refractivity contribution in [1.82, 2.24) is 14.5 Å². The number of carboxylic acids is 1. The number of H-pyrrole nitrogens is 1. The van der Waals surface area contributed by atoms with Gasteiger partial charge in [0.2, 0.25) is 0 Å². The standard InChI is InChI=1S/C22H18F2N4O4S/c1-28-20(27-19-16(24)8-13(23)9-26-19)17(15-5-6-25-18(15)21(28)29)11-3-4-14(22(30)31)12(7-11)10-33(2)32/h3-9,25H,10H2,1-2H3,(H,26,27)(H,30,31). The molecule has 1 unspecified atom stereocenters. The third-order valence-electron chi connectivity index (χ3n) is 5.13. The van der Waals surface area contributed by atoms with Gasteiger partial charge in [-0.25, -0.2) is 18.6 Å². The normalized spacial score (nSPS) is 12.2. The van der Waals surface area contributed by atoms with E-state index in [0.29, 0.717) is 28.1 Å². The molecule has 0 fully saturated rings. The van der Waals surface area contributed by atoms with Crippen molar-refractivity contribution in [2.45, 2.75) is 5.75 Å². The van der Waals surface area contributed by atoms with Gasteiger partial charge in [-0.2, -0.15) is 0 Å². The Balaban J connectivity index is 2.00. The molecule has 4 rings (SSSR count). The first-order valence-electron chi connectivity index (χ1n) is 9.62. The first-order chi connectivity index (χ1) is 15.7. The number of fused-ring (bicyclic) bond motifs is 1. The monoisotopic (exact) mass is 472 g/mol. The molecule has 0 amide bonds. The Morgan fingerprint density at radius 1 is 1.30 bits per heavy atom. The zero-order valence-electron chi connectivity index (χ0n) is 17.5. The van der Waals surface area contributed by atoms with Gasteiger partial charge in [0.05, 0.1) is 18.0 Å². The first kappa shape index (κ1) is 22.5. The number of carbonyl (C=O) groups is 1. The Kier molecular flexibility index (Phi) is 5.91. The molecule has 1 atom stereocenters. The molecule has 0 saturated heterocycles. The number of hydrogen-bond donors (Lipinski definition) is 3. The second kappa shape index (κ2) is 8.68. The van der Waals surface area contributed by atoms with Crippen molar-refractivity contribution in [2.75, 3.05) is 11.6 Å². The number of benzene rings is 1. The zero-order valence-corrected chi connectivity index (χ0v) is 18.3. The number of pyridine rings is 2. The highest BCUT2D eigenvalue weighted by atomic mass is 32.2. The molecular weight excluding hydrogens is 454 g/mol. The van der Waals surface area contributed by atoms with Gasteiger partial charge in [-0.15, -0.1) is 0 Å². The van der Waals surface area contributed by atoms with Gasteiger partial charge in [-0.1, -0.05) is 17.2 Å². The van der Waals surface area contributed by atoms with Gasteiger partial charge in [0, 0.05) is 35.8 Å². The summed E-state index contributed by atoms with van der Waals surface area (Å²) in [6.45, 7) is 0. The molecule has 170 valence electrons. The Bertz CT molecular complexity index is 1450. The van der Waals surface area contributed by atoms with Crippen LogP contribution in [0.4, 0.5) is 20.4 Å². The molecule has 4 aromatic rings. The van der Waals surface area contributed by atoms with E-state index in [1.54, 1.807) is 24.4 Å². The molecule has 11 heteroatoms. The second-order valence-corrected chi connectivity index (χ2v) is 8.79. The fourth-order valence-electron chi connectivity index (χ4n) is 3.67. The number of carboxylic acid groups (broad SMARTS) is 1. The highest BCUT2D eigenvalue weighted by Crippen LogP contribution is 2.36. The highest BCUT2D eigenvalue weighted by Gasteiger charge is 2.22. The van der Waals surface area contributed by atoms with Crippen LogP contribution in [0.15, 0.2) is 47.5 Å². The molecule has 0 aliphatic carbocycles. The second-order valence-electron chi connectivity index (χ2n) is 7.36. The SMILES string of the molecule is Cn1c(Nc2ncc(F)cc2F)c(-c2ccc(C(=O)O)c(C[S+](C)[O-])c2)c2cc[nH]c2c1=O. The number of aromatic carboxylic acids is 1. The van der Waals surface area contributed by atoms with Gasteiger partial charge in [0.25, 0.3) is 5.56 Å². The van der Waals surface area contributed by atoms with Gasteiger partial charge in [0.15, 0.2) is 11.6 Å². The highest BCUT2D eigenvalue weighted by molar-refractivity contribution is 7.89. The molecule has 0 spiro atoms. The molecule has 1 aromatic carbocycles. The molecule has 0 aliphatic heterocycles. The predicted octanol–water partition coefficient (Wildman–Crippen LogP) is 3.53. The van der Waals surface area contributed by atoms with E-state index in [9.17, 15) is 28.0 Å². The lowest BCUT2D eigenvalue weighted by Gasteiger charge is -2.18. The minimum atomic E-state index is -1.31. The largest absolute Gasteiger partial charge is 0.616 e. The van der Waals surface area contributed by atoms with Crippen LogP contribution in [0.25, 0.3) is 22.0 Å². The fraction of sp³-hybridized carbons (Fsp3) is 0.136. The summed E-state index contributed by atoms with van der Waals surface area (Å²) in [5.41, 5.74) is 1.19. The maximum Gasteiger partial charge on any atom is 0.336 e. The molecular formula is C22H18F2N4O4S. The Morgan fingerprint density at radius 3 is 2.73 bits per heavy atom. The minimum Gasteiger partial charge on any atom is -0.616 e. The fourth-order valence-corrected chi connectivity index (χ4v) is 4.35. The van der Waals surface area contributed by atoms with Crippen LogP contribution in [-0.2, 0) is 24.0 Å². The zero-order chi connectivity index (χ0) is 23.9. The number of nitrogens with one attached hydrogen (secondary N) is 2. The smallest absolute Gasteiger partial charge is 0.336 e. The third-order valence-corrected chi connectivity index (χ3v) is 5.85. The van der Waals surface area contributed by atoms with Gasteiger partial charge in [-0.05, 0) is 23.8 Å². The van der Waals surface area contributed by atoms with Crippen molar-refractivity contribution in [3.05, 3.63) is 75.8 Å². The van der Waals surface area contributed by atoms with Gasteiger partial charge >= 0.3 is 5.97 Å². The van der Waals surface area contributed by atoms with Crippen LogP contribution in [0.3, 0.4) is 0 Å².